The monoisotopic (exact) mass is 567 g/mol. The summed E-state index contributed by atoms with van der Waals surface area (Å²) < 4.78 is 11.6. The molecule has 2 rings (SSSR count). The maximum absolute atomic E-state index is 5.40. The molecule has 0 aliphatic carbocycles. The lowest BCUT2D eigenvalue weighted by molar-refractivity contribution is 0.352. The predicted molar refractivity (Wildman–Crippen MR) is 128 cm³/mol. The molecule has 1 aromatic carbocycles. The third kappa shape index (κ3) is 7.15. The highest BCUT2D eigenvalue weighted by Gasteiger charge is 2.12. The van der Waals surface area contributed by atoms with Crippen LogP contribution in [0.15, 0.2) is 33.7 Å². The van der Waals surface area contributed by atoms with Crippen molar-refractivity contribution in [3.8, 4) is 11.5 Å². The first-order chi connectivity index (χ1) is 12.5. The summed E-state index contributed by atoms with van der Waals surface area (Å²) in [6.45, 7) is 4.92. The second kappa shape index (κ2) is 11.8. The summed E-state index contributed by atoms with van der Waals surface area (Å²) in [5.74, 6) is 2.17. The van der Waals surface area contributed by atoms with Gasteiger partial charge in [-0.05, 0) is 59.6 Å². The minimum atomic E-state index is 0. The summed E-state index contributed by atoms with van der Waals surface area (Å²) >= 11 is 5.36. The summed E-state index contributed by atoms with van der Waals surface area (Å²) in [7, 11) is 5.04. The summed E-state index contributed by atoms with van der Waals surface area (Å²) in [5.41, 5.74) is 1.07. The molecular formula is C19H27BrIN3O2S. The van der Waals surface area contributed by atoms with Crippen LogP contribution in [0.25, 0.3) is 0 Å². The van der Waals surface area contributed by atoms with Crippen molar-refractivity contribution in [3.05, 3.63) is 44.1 Å². The van der Waals surface area contributed by atoms with Crippen LogP contribution in [0, 0.1) is 6.92 Å². The van der Waals surface area contributed by atoms with Crippen LogP contribution >= 0.6 is 51.2 Å². The highest BCUT2D eigenvalue weighted by molar-refractivity contribution is 14.0. The molecule has 0 spiro atoms. The predicted octanol–water partition coefficient (Wildman–Crippen LogP) is 4.75. The second-order valence-electron chi connectivity index (χ2n) is 6.00. The number of methoxy groups -OCH3 is 2. The minimum Gasteiger partial charge on any atom is -0.493 e. The van der Waals surface area contributed by atoms with E-state index in [2.05, 4.69) is 57.5 Å². The van der Waals surface area contributed by atoms with E-state index in [0.29, 0.717) is 18.0 Å². The Kier molecular flexibility index (Phi) is 10.5. The van der Waals surface area contributed by atoms with E-state index in [-0.39, 0.29) is 30.0 Å². The van der Waals surface area contributed by atoms with Gasteiger partial charge in [-0.2, -0.15) is 0 Å². The lowest BCUT2D eigenvalue weighted by Gasteiger charge is -2.18. The molecular weight excluding hydrogens is 541 g/mol. The molecule has 0 saturated heterocycles. The number of hydrogen-bond donors (Lipinski definition) is 2. The molecule has 2 N–H and O–H groups in total. The lowest BCUT2D eigenvalue weighted by atomic mass is 10.2. The molecule has 0 bridgehead atoms. The number of aryl methyl sites for hydroxylation is 1. The van der Waals surface area contributed by atoms with Gasteiger partial charge in [0.15, 0.2) is 17.5 Å². The third-order valence-electron chi connectivity index (χ3n) is 3.86. The molecule has 2 aromatic rings. The molecule has 0 radical (unpaired) electrons. The molecule has 1 heterocycles. The Morgan fingerprint density at radius 2 is 2.00 bits per heavy atom. The molecule has 0 saturated carbocycles. The number of hydrogen-bond acceptors (Lipinski definition) is 4. The molecule has 150 valence electrons. The van der Waals surface area contributed by atoms with Crippen molar-refractivity contribution < 1.29 is 9.47 Å². The molecule has 0 amide bonds. The van der Waals surface area contributed by atoms with Crippen LogP contribution in [0.2, 0.25) is 0 Å². The number of ether oxygens (including phenoxy) is 2. The topological polar surface area (TPSA) is 54.9 Å². The number of nitrogens with zero attached hydrogens (tertiary/aromatic N) is 1. The van der Waals surface area contributed by atoms with E-state index in [1.54, 1.807) is 21.3 Å². The number of halogens is 2. The van der Waals surface area contributed by atoms with Crippen LogP contribution in [0.3, 0.4) is 0 Å². The Morgan fingerprint density at radius 1 is 1.26 bits per heavy atom. The number of aliphatic imine (C=N–C) groups is 1. The molecule has 0 fully saturated rings. The van der Waals surface area contributed by atoms with Gasteiger partial charge in [-0.1, -0.05) is 0 Å². The van der Waals surface area contributed by atoms with Gasteiger partial charge in [-0.3, -0.25) is 4.99 Å². The van der Waals surface area contributed by atoms with E-state index in [0.717, 1.165) is 22.4 Å². The Labute approximate surface area is 191 Å². The first-order valence-electron chi connectivity index (χ1n) is 8.39. The van der Waals surface area contributed by atoms with Gasteiger partial charge in [0.2, 0.25) is 0 Å². The van der Waals surface area contributed by atoms with Gasteiger partial charge >= 0.3 is 0 Å². The zero-order chi connectivity index (χ0) is 19.1. The van der Waals surface area contributed by atoms with Crippen molar-refractivity contribution in [2.75, 3.05) is 21.3 Å². The summed E-state index contributed by atoms with van der Waals surface area (Å²) in [6.07, 6.45) is 0.973. The van der Waals surface area contributed by atoms with Gasteiger partial charge < -0.3 is 20.1 Å². The van der Waals surface area contributed by atoms with Crippen LogP contribution in [0.5, 0.6) is 11.5 Å². The Bertz CT molecular complexity index is 767. The van der Waals surface area contributed by atoms with Gasteiger partial charge in [0, 0.05) is 35.8 Å². The van der Waals surface area contributed by atoms with Crippen molar-refractivity contribution in [1.29, 1.82) is 0 Å². The van der Waals surface area contributed by atoms with Gasteiger partial charge in [0.25, 0.3) is 0 Å². The zero-order valence-corrected chi connectivity index (χ0v) is 21.0. The van der Waals surface area contributed by atoms with E-state index < -0.39 is 0 Å². The van der Waals surface area contributed by atoms with Crippen LogP contribution < -0.4 is 20.1 Å². The average molecular weight is 568 g/mol. The number of benzene rings is 1. The van der Waals surface area contributed by atoms with Crippen LogP contribution in [0.1, 0.15) is 22.2 Å². The molecule has 5 nitrogen and oxygen atoms in total. The zero-order valence-electron chi connectivity index (χ0n) is 16.3. The van der Waals surface area contributed by atoms with Crippen LogP contribution in [-0.2, 0) is 13.0 Å². The van der Waals surface area contributed by atoms with Crippen molar-refractivity contribution in [3.63, 3.8) is 0 Å². The lowest BCUT2D eigenvalue weighted by Crippen LogP contribution is -2.42. The van der Waals surface area contributed by atoms with Gasteiger partial charge in [0.1, 0.15) is 0 Å². The van der Waals surface area contributed by atoms with E-state index in [4.69, 9.17) is 9.47 Å². The second-order valence-corrected chi connectivity index (χ2v) is 8.23. The first-order valence-corrected chi connectivity index (χ1v) is 10.0. The summed E-state index contributed by atoms with van der Waals surface area (Å²) in [4.78, 5) is 7.04. The van der Waals surface area contributed by atoms with E-state index in [1.165, 1.54) is 9.75 Å². The molecule has 0 aliphatic heterocycles. The van der Waals surface area contributed by atoms with Crippen molar-refractivity contribution >= 4 is 57.2 Å². The molecule has 1 atom stereocenters. The largest absolute Gasteiger partial charge is 0.493 e. The summed E-state index contributed by atoms with van der Waals surface area (Å²) in [6, 6.07) is 8.61. The fourth-order valence-corrected chi connectivity index (χ4v) is 4.31. The Morgan fingerprint density at radius 3 is 2.56 bits per heavy atom. The normalized spacial score (nSPS) is 12.1. The molecule has 27 heavy (non-hydrogen) atoms. The van der Waals surface area contributed by atoms with E-state index in [1.807, 2.05) is 23.5 Å². The fourth-order valence-electron chi connectivity index (χ4n) is 2.63. The molecule has 1 unspecified atom stereocenters. The highest BCUT2D eigenvalue weighted by Crippen LogP contribution is 2.36. The maximum atomic E-state index is 5.40. The molecule has 0 aliphatic rings. The maximum Gasteiger partial charge on any atom is 0.191 e. The number of thiophene rings is 1. The standard InChI is InChI=1S/C19H26BrN3O2S.HI/c1-12(8-15-7-6-13(2)26-15)23-19(21-3)22-11-14-9-16(20)18(25-5)17(10-14)24-4;/h6-7,9-10,12H,8,11H2,1-5H3,(H2,21,22,23);1H. The minimum absolute atomic E-state index is 0. The average Bonchev–Trinajstić information content (AvgIpc) is 3.02. The van der Waals surface area contributed by atoms with Gasteiger partial charge in [-0.15, -0.1) is 35.3 Å². The Hall–Kier alpha value is -1.000. The number of nitrogens with one attached hydrogen (secondary N) is 2. The highest BCUT2D eigenvalue weighted by atomic mass is 127. The Balaban J connectivity index is 0.00000364. The third-order valence-corrected chi connectivity index (χ3v) is 5.48. The van der Waals surface area contributed by atoms with Gasteiger partial charge in [-0.25, -0.2) is 0 Å². The van der Waals surface area contributed by atoms with Crippen molar-refractivity contribution in [1.82, 2.24) is 10.6 Å². The van der Waals surface area contributed by atoms with Crippen molar-refractivity contribution in [2.45, 2.75) is 32.9 Å². The van der Waals surface area contributed by atoms with Crippen LogP contribution in [0.4, 0.5) is 0 Å². The first kappa shape index (κ1) is 24.0. The van der Waals surface area contributed by atoms with Gasteiger partial charge in [0.05, 0.1) is 18.7 Å². The summed E-state index contributed by atoms with van der Waals surface area (Å²) in [5, 5.41) is 6.79. The van der Waals surface area contributed by atoms with Crippen LogP contribution in [-0.4, -0.2) is 33.3 Å². The fraction of sp³-hybridized carbons (Fsp3) is 0.421. The molecule has 8 heteroatoms. The quantitative estimate of drug-likeness (QED) is 0.288. The smallest absolute Gasteiger partial charge is 0.191 e. The number of rotatable bonds is 7. The van der Waals surface area contributed by atoms with E-state index in [9.17, 15) is 0 Å². The number of guanidine groups is 1. The van der Waals surface area contributed by atoms with E-state index >= 15 is 0 Å². The van der Waals surface area contributed by atoms with Crippen molar-refractivity contribution in [2.24, 2.45) is 4.99 Å². The SMILES string of the molecule is CN=C(NCc1cc(Br)c(OC)c(OC)c1)NC(C)Cc1ccc(C)s1.I. The molecule has 1 aromatic heterocycles.